The number of rotatable bonds is 6. The van der Waals surface area contributed by atoms with Crippen LogP contribution in [0.25, 0.3) is 5.65 Å². The lowest BCUT2D eigenvalue weighted by Gasteiger charge is -2.19. The van der Waals surface area contributed by atoms with Crippen molar-refractivity contribution in [3.63, 3.8) is 0 Å². The summed E-state index contributed by atoms with van der Waals surface area (Å²) in [6, 6.07) is 13.3. The van der Waals surface area contributed by atoms with E-state index in [1.807, 2.05) is 47.1 Å². The Labute approximate surface area is 165 Å². The quantitative estimate of drug-likeness (QED) is 0.692. The van der Waals surface area contributed by atoms with Crippen LogP contribution in [0.15, 0.2) is 54.9 Å². The maximum absolute atomic E-state index is 12.2. The van der Waals surface area contributed by atoms with E-state index in [1.54, 1.807) is 12.1 Å². The van der Waals surface area contributed by atoms with Crippen LogP contribution in [0.2, 0.25) is 0 Å². The molecule has 0 spiro atoms. The Hall–Kier alpha value is -3.15. The van der Waals surface area contributed by atoms with Gasteiger partial charge >= 0.3 is 0 Å². The van der Waals surface area contributed by atoms with Gasteiger partial charge in [0.25, 0.3) is 5.91 Å². The van der Waals surface area contributed by atoms with Gasteiger partial charge in [-0.25, -0.2) is 4.98 Å². The molecule has 0 saturated carbocycles. The topological polar surface area (TPSA) is 75.5 Å². The molecule has 2 N–H and O–H groups in total. The Balaban J connectivity index is 1.43. The number of carbonyl (C=O) groups excluding carboxylic acids is 2. The molecule has 3 aromatic rings. The van der Waals surface area contributed by atoms with Gasteiger partial charge < -0.3 is 15.0 Å². The highest BCUT2D eigenvalue weighted by Crippen LogP contribution is 2.22. The summed E-state index contributed by atoms with van der Waals surface area (Å²) in [5, 5.41) is 5.46. The van der Waals surface area contributed by atoms with Crippen molar-refractivity contribution in [2.75, 3.05) is 13.1 Å². The van der Waals surface area contributed by atoms with E-state index in [0.717, 1.165) is 16.9 Å². The lowest BCUT2D eigenvalue weighted by Crippen LogP contribution is -2.37. The molecule has 6 nitrogen and oxygen atoms in total. The van der Waals surface area contributed by atoms with Crippen molar-refractivity contribution in [2.24, 2.45) is 0 Å². The van der Waals surface area contributed by atoms with Gasteiger partial charge in [0, 0.05) is 30.9 Å². The van der Waals surface area contributed by atoms with Crippen LogP contribution in [0.1, 0.15) is 42.4 Å². The number of fused-ring (bicyclic) bond motifs is 1. The van der Waals surface area contributed by atoms with Gasteiger partial charge in [-0.15, -0.1) is 0 Å². The van der Waals surface area contributed by atoms with Crippen molar-refractivity contribution in [3.8, 4) is 0 Å². The number of nitrogens with one attached hydrogen (secondary N) is 2. The predicted molar refractivity (Wildman–Crippen MR) is 109 cm³/mol. The van der Waals surface area contributed by atoms with Gasteiger partial charge in [0.1, 0.15) is 5.65 Å². The minimum atomic E-state index is -0.254. The molecule has 0 bridgehead atoms. The van der Waals surface area contributed by atoms with Crippen LogP contribution in [-0.2, 0) is 16.6 Å². The molecule has 0 aliphatic rings. The van der Waals surface area contributed by atoms with Crippen molar-refractivity contribution in [1.29, 1.82) is 0 Å². The number of benzene rings is 1. The predicted octanol–water partition coefficient (Wildman–Crippen LogP) is 2.72. The molecule has 0 unspecified atom stereocenters. The van der Waals surface area contributed by atoms with Gasteiger partial charge in [-0.05, 0) is 35.2 Å². The third-order valence-electron chi connectivity index (χ3n) is 4.54. The van der Waals surface area contributed by atoms with Crippen LogP contribution in [0, 0.1) is 0 Å². The second-order valence-electron chi connectivity index (χ2n) is 7.81. The Morgan fingerprint density at radius 1 is 1.04 bits per heavy atom. The summed E-state index contributed by atoms with van der Waals surface area (Å²) in [4.78, 5) is 28.7. The third kappa shape index (κ3) is 4.97. The lowest BCUT2D eigenvalue weighted by molar-refractivity contribution is -0.120. The fourth-order valence-electron chi connectivity index (χ4n) is 2.88. The number of amides is 2. The monoisotopic (exact) mass is 378 g/mol. The highest BCUT2D eigenvalue weighted by atomic mass is 16.2. The fraction of sp³-hybridized carbons (Fsp3) is 0.318. The number of hydrogen-bond acceptors (Lipinski definition) is 3. The first-order valence-corrected chi connectivity index (χ1v) is 9.41. The minimum absolute atomic E-state index is 0.0375. The van der Waals surface area contributed by atoms with Gasteiger partial charge in [0.05, 0.1) is 12.2 Å². The minimum Gasteiger partial charge on any atom is -0.354 e. The van der Waals surface area contributed by atoms with Gasteiger partial charge in [0.2, 0.25) is 5.91 Å². The second kappa shape index (κ2) is 8.25. The first-order chi connectivity index (χ1) is 13.3. The summed E-state index contributed by atoms with van der Waals surface area (Å²) in [6.07, 6.45) is 4.52. The average molecular weight is 378 g/mol. The molecule has 1 aromatic carbocycles. The maximum atomic E-state index is 12.2. The molecule has 6 heteroatoms. The Morgan fingerprint density at radius 3 is 2.46 bits per heavy atom. The van der Waals surface area contributed by atoms with E-state index < -0.39 is 0 Å². The molecule has 0 saturated heterocycles. The molecule has 3 rings (SSSR count). The summed E-state index contributed by atoms with van der Waals surface area (Å²) in [5.74, 6) is -0.473. The van der Waals surface area contributed by atoms with Crippen molar-refractivity contribution < 1.29 is 9.59 Å². The van der Waals surface area contributed by atoms with Crippen LogP contribution in [-0.4, -0.2) is 34.3 Å². The van der Waals surface area contributed by atoms with Crippen LogP contribution in [0.3, 0.4) is 0 Å². The van der Waals surface area contributed by atoms with Crippen LogP contribution in [0.4, 0.5) is 0 Å². The molecular formula is C22H26N4O2. The number of aromatic nitrogens is 2. The highest BCUT2D eigenvalue weighted by molar-refractivity contribution is 5.96. The van der Waals surface area contributed by atoms with E-state index in [2.05, 4.69) is 36.4 Å². The van der Waals surface area contributed by atoms with Crippen LogP contribution in [0.5, 0.6) is 0 Å². The SMILES string of the molecule is CC(C)(C)c1ccc(C(=O)NCC(=O)NCCc2cn3ccccc3n2)cc1. The molecule has 0 radical (unpaired) electrons. The van der Waals surface area contributed by atoms with Gasteiger partial charge in [-0.1, -0.05) is 39.0 Å². The van der Waals surface area contributed by atoms with Crippen LogP contribution >= 0.6 is 0 Å². The lowest BCUT2D eigenvalue weighted by atomic mass is 9.87. The zero-order chi connectivity index (χ0) is 20.1. The number of imidazole rings is 1. The average Bonchev–Trinajstić information content (AvgIpc) is 3.08. The van der Waals surface area contributed by atoms with E-state index in [-0.39, 0.29) is 23.8 Å². The molecule has 0 aliphatic carbocycles. The highest BCUT2D eigenvalue weighted by Gasteiger charge is 2.14. The molecule has 2 aromatic heterocycles. The van der Waals surface area contributed by atoms with E-state index >= 15 is 0 Å². The van der Waals surface area contributed by atoms with Crippen molar-refractivity contribution >= 4 is 17.5 Å². The Kier molecular flexibility index (Phi) is 5.78. The van der Waals surface area contributed by atoms with Crippen molar-refractivity contribution in [1.82, 2.24) is 20.0 Å². The smallest absolute Gasteiger partial charge is 0.251 e. The molecule has 2 amide bonds. The van der Waals surface area contributed by atoms with Gasteiger partial charge in [-0.2, -0.15) is 0 Å². The molecule has 0 atom stereocenters. The van der Waals surface area contributed by atoms with E-state index in [9.17, 15) is 9.59 Å². The number of hydrogen-bond donors (Lipinski definition) is 2. The largest absolute Gasteiger partial charge is 0.354 e. The number of pyridine rings is 1. The number of nitrogens with zero attached hydrogens (tertiary/aromatic N) is 2. The third-order valence-corrected chi connectivity index (χ3v) is 4.54. The normalized spacial score (nSPS) is 11.4. The van der Waals surface area contributed by atoms with E-state index in [4.69, 9.17) is 0 Å². The van der Waals surface area contributed by atoms with Gasteiger partial charge in [-0.3, -0.25) is 9.59 Å². The molecular weight excluding hydrogens is 352 g/mol. The summed E-state index contributed by atoms with van der Waals surface area (Å²) >= 11 is 0. The number of carbonyl (C=O) groups is 2. The molecule has 2 heterocycles. The standard InChI is InChI=1S/C22H26N4O2/c1-22(2,3)17-9-7-16(8-10-17)21(28)24-14-20(27)23-12-11-18-15-26-13-5-4-6-19(26)25-18/h4-10,13,15H,11-12,14H2,1-3H3,(H,23,27)(H,24,28). The van der Waals surface area contributed by atoms with Crippen molar-refractivity contribution in [2.45, 2.75) is 32.6 Å². The second-order valence-corrected chi connectivity index (χ2v) is 7.81. The van der Waals surface area contributed by atoms with Crippen molar-refractivity contribution in [3.05, 3.63) is 71.7 Å². The zero-order valence-electron chi connectivity index (χ0n) is 16.5. The van der Waals surface area contributed by atoms with E-state index in [1.165, 1.54) is 0 Å². The zero-order valence-corrected chi connectivity index (χ0v) is 16.5. The first-order valence-electron chi connectivity index (χ1n) is 9.41. The Morgan fingerprint density at radius 2 is 1.79 bits per heavy atom. The summed E-state index contributed by atoms with van der Waals surface area (Å²) in [7, 11) is 0. The summed E-state index contributed by atoms with van der Waals surface area (Å²) in [6.45, 7) is 6.79. The Bertz CT molecular complexity index is 935. The summed E-state index contributed by atoms with van der Waals surface area (Å²) < 4.78 is 1.95. The van der Waals surface area contributed by atoms with Crippen LogP contribution < -0.4 is 10.6 Å². The fourth-order valence-corrected chi connectivity index (χ4v) is 2.88. The molecule has 0 aliphatic heterocycles. The first kappa shape index (κ1) is 19.6. The maximum Gasteiger partial charge on any atom is 0.251 e. The van der Waals surface area contributed by atoms with E-state index in [0.29, 0.717) is 18.5 Å². The molecule has 28 heavy (non-hydrogen) atoms. The molecule has 0 fully saturated rings. The van der Waals surface area contributed by atoms with Gasteiger partial charge in [0.15, 0.2) is 0 Å². The molecule has 146 valence electrons. The summed E-state index contributed by atoms with van der Waals surface area (Å²) in [5.41, 5.74) is 3.54.